The van der Waals surface area contributed by atoms with Crippen molar-refractivity contribution in [2.75, 3.05) is 14.2 Å². The van der Waals surface area contributed by atoms with Gasteiger partial charge in [0.25, 0.3) is 0 Å². The van der Waals surface area contributed by atoms with Crippen LogP contribution in [0.15, 0.2) is 23.4 Å². The maximum Gasteiger partial charge on any atom is 0.412 e. The minimum atomic E-state index is -0.561. The van der Waals surface area contributed by atoms with Gasteiger partial charge in [-0.2, -0.15) is 0 Å². The van der Waals surface area contributed by atoms with Crippen LogP contribution in [0.25, 0.3) is 0 Å². The maximum atomic E-state index is 11.1. The van der Waals surface area contributed by atoms with Crippen LogP contribution in [0.5, 0.6) is 5.75 Å². The summed E-state index contributed by atoms with van der Waals surface area (Å²) in [4.78, 5) is 15.6. The quantitative estimate of drug-likeness (QED) is 0.652. The van der Waals surface area contributed by atoms with Gasteiger partial charge in [-0.25, -0.2) is 4.79 Å². The number of carbonyl (C=O) groups is 1. The molecule has 0 fully saturated rings. The first kappa shape index (κ1) is 12.3. The van der Waals surface area contributed by atoms with E-state index in [1.165, 1.54) is 20.4 Å². The number of amides is 1. The number of ether oxygens (including phenoxy) is 1. The smallest absolute Gasteiger partial charge is 0.410 e. The Kier molecular flexibility index (Phi) is 4.60. The Bertz CT molecular complexity index is 407. The van der Waals surface area contributed by atoms with E-state index in [1.54, 1.807) is 18.2 Å². The molecule has 6 heteroatoms. The van der Waals surface area contributed by atoms with Gasteiger partial charge in [0, 0.05) is 17.6 Å². The molecule has 0 aliphatic carbocycles. The topological polar surface area (TPSA) is 59.9 Å². The summed E-state index contributed by atoms with van der Waals surface area (Å²) in [6, 6.07) is 4.81. The number of oxime groups is 1. The van der Waals surface area contributed by atoms with Crippen molar-refractivity contribution in [3.8, 4) is 5.75 Å². The second-order valence-electron chi connectivity index (χ2n) is 2.74. The van der Waals surface area contributed by atoms with Crippen molar-refractivity contribution in [1.82, 2.24) is 5.32 Å². The Morgan fingerprint density at radius 2 is 2.31 bits per heavy atom. The van der Waals surface area contributed by atoms with E-state index in [9.17, 15) is 4.79 Å². The van der Waals surface area contributed by atoms with Gasteiger partial charge in [-0.15, -0.1) is 0 Å². The highest BCUT2D eigenvalue weighted by atomic mass is 35.5. The molecule has 0 bridgehead atoms. The van der Waals surface area contributed by atoms with Gasteiger partial charge in [-0.05, 0) is 18.2 Å². The first-order valence-corrected chi connectivity index (χ1v) is 4.81. The Hall–Kier alpha value is -1.75. The van der Waals surface area contributed by atoms with Crippen LogP contribution in [0.2, 0.25) is 5.02 Å². The van der Waals surface area contributed by atoms with Crippen molar-refractivity contribution >= 4 is 23.9 Å². The first-order chi connectivity index (χ1) is 7.67. The predicted molar refractivity (Wildman–Crippen MR) is 61.1 cm³/mol. The van der Waals surface area contributed by atoms with Crippen molar-refractivity contribution in [3.05, 3.63) is 28.8 Å². The van der Waals surface area contributed by atoms with Crippen molar-refractivity contribution in [2.24, 2.45) is 5.16 Å². The van der Waals surface area contributed by atoms with Gasteiger partial charge in [0.2, 0.25) is 0 Å². The Morgan fingerprint density at radius 1 is 1.56 bits per heavy atom. The number of benzene rings is 1. The fourth-order valence-corrected chi connectivity index (χ4v) is 1.15. The van der Waals surface area contributed by atoms with Crippen LogP contribution >= 0.6 is 11.6 Å². The van der Waals surface area contributed by atoms with Gasteiger partial charge >= 0.3 is 6.09 Å². The number of nitrogens with zero attached hydrogens (tertiary/aromatic N) is 1. The Balaban J connectivity index is 2.97. The summed E-state index contributed by atoms with van der Waals surface area (Å²) in [6.45, 7) is 0. The first-order valence-electron chi connectivity index (χ1n) is 4.43. The lowest BCUT2D eigenvalue weighted by Gasteiger charge is -2.06. The average Bonchev–Trinajstić information content (AvgIpc) is 2.29. The van der Waals surface area contributed by atoms with Crippen molar-refractivity contribution in [2.45, 2.75) is 0 Å². The van der Waals surface area contributed by atoms with E-state index in [4.69, 9.17) is 16.3 Å². The van der Waals surface area contributed by atoms with Gasteiger partial charge in [0.1, 0.15) is 12.9 Å². The molecule has 0 aliphatic heterocycles. The summed E-state index contributed by atoms with van der Waals surface area (Å²) in [7, 11) is 2.89. The molecule has 0 radical (unpaired) electrons. The van der Waals surface area contributed by atoms with Crippen LogP contribution in [0.1, 0.15) is 5.56 Å². The summed E-state index contributed by atoms with van der Waals surface area (Å²) in [6.07, 6.45) is 0.846. The van der Waals surface area contributed by atoms with E-state index >= 15 is 0 Å². The molecule has 1 aromatic rings. The monoisotopic (exact) mass is 242 g/mol. The minimum absolute atomic E-state index is 0.351. The van der Waals surface area contributed by atoms with Crippen molar-refractivity contribution < 1.29 is 14.4 Å². The summed E-state index contributed by atoms with van der Waals surface area (Å²) < 4.78 is 4.99. The predicted octanol–water partition coefficient (Wildman–Crippen LogP) is 2.04. The van der Waals surface area contributed by atoms with Crippen LogP contribution < -0.4 is 10.1 Å². The van der Waals surface area contributed by atoms with E-state index in [-0.39, 0.29) is 0 Å². The summed E-state index contributed by atoms with van der Waals surface area (Å²) in [5, 5.41) is 6.44. The number of hydrogen-bond acceptors (Lipinski definition) is 4. The molecular formula is C10H11ClN2O3. The number of carbonyl (C=O) groups excluding carboxylic acids is 1. The summed E-state index contributed by atoms with van der Waals surface area (Å²) in [5.41, 5.74) is 0.554. The largest absolute Gasteiger partial charge is 0.412 e. The Labute approximate surface area is 98.0 Å². The third-order valence-corrected chi connectivity index (χ3v) is 1.91. The molecular weight excluding hydrogens is 232 g/mol. The third-order valence-electron chi connectivity index (χ3n) is 1.68. The number of nitrogens with one attached hydrogen (secondary N) is 1. The molecule has 86 valence electrons. The zero-order valence-corrected chi connectivity index (χ0v) is 9.62. The molecule has 1 amide bonds. The lowest BCUT2D eigenvalue weighted by molar-refractivity contribution is 0.202. The van der Waals surface area contributed by atoms with Crippen LogP contribution in [-0.2, 0) is 4.84 Å². The molecule has 0 atom stereocenters. The second kappa shape index (κ2) is 5.97. The van der Waals surface area contributed by atoms with E-state index < -0.39 is 6.09 Å². The maximum absolute atomic E-state index is 11.1. The van der Waals surface area contributed by atoms with E-state index in [0.717, 1.165) is 0 Å². The van der Waals surface area contributed by atoms with Gasteiger partial charge in [0.15, 0.2) is 0 Å². The molecule has 0 heterocycles. The van der Waals surface area contributed by atoms with Gasteiger partial charge < -0.3 is 14.9 Å². The highest BCUT2D eigenvalue weighted by Crippen LogP contribution is 2.21. The average molecular weight is 243 g/mol. The van der Waals surface area contributed by atoms with Crippen LogP contribution in [-0.4, -0.2) is 26.5 Å². The lowest BCUT2D eigenvalue weighted by atomic mass is 10.2. The number of rotatable bonds is 3. The van der Waals surface area contributed by atoms with Gasteiger partial charge in [0.05, 0.1) is 6.21 Å². The van der Waals surface area contributed by atoms with Crippen molar-refractivity contribution in [1.29, 1.82) is 0 Å². The van der Waals surface area contributed by atoms with Gasteiger partial charge in [-0.3, -0.25) is 0 Å². The van der Waals surface area contributed by atoms with Crippen molar-refractivity contribution in [3.63, 3.8) is 0 Å². The SMILES string of the molecule is CNC(=O)Oc1ccc(Cl)cc1/C=N/OC. The van der Waals surface area contributed by atoms with E-state index in [0.29, 0.717) is 16.3 Å². The number of hydrogen-bond donors (Lipinski definition) is 1. The van der Waals surface area contributed by atoms with Gasteiger partial charge in [-0.1, -0.05) is 16.8 Å². The zero-order valence-electron chi connectivity index (χ0n) is 8.86. The fraction of sp³-hybridized carbons (Fsp3) is 0.200. The molecule has 16 heavy (non-hydrogen) atoms. The summed E-state index contributed by atoms with van der Waals surface area (Å²) >= 11 is 5.81. The molecule has 1 aromatic carbocycles. The van der Waals surface area contributed by atoms with Crippen LogP contribution in [0.4, 0.5) is 4.79 Å². The molecule has 1 rings (SSSR count). The molecule has 5 nitrogen and oxygen atoms in total. The normalized spacial score (nSPS) is 10.2. The molecule has 1 N–H and O–H groups in total. The standard InChI is InChI=1S/C10H11ClN2O3/c1-12-10(14)16-9-4-3-8(11)5-7(9)6-13-15-2/h3-6H,1-2H3,(H,12,14)/b13-6+. The molecule has 0 aromatic heterocycles. The molecule has 0 unspecified atom stereocenters. The molecule has 0 saturated heterocycles. The van der Waals surface area contributed by atoms with E-state index in [1.807, 2.05) is 0 Å². The minimum Gasteiger partial charge on any atom is -0.410 e. The van der Waals surface area contributed by atoms with E-state index in [2.05, 4.69) is 15.3 Å². The highest BCUT2D eigenvalue weighted by Gasteiger charge is 2.07. The molecule has 0 saturated carbocycles. The number of halogens is 1. The van der Waals surface area contributed by atoms with Crippen LogP contribution in [0.3, 0.4) is 0 Å². The summed E-state index contributed by atoms with van der Waals surface area (Å²) in [5.74, 6) is 0.351. The fourth-order valence-electron chi connectivity index (χ4n) is 0.974. The molecule has 0 spiro atoms. The molecule has 0 aliphatic rings. The lowest BCUT2D eigenvalue weighted by Crippen LogP contribution is -2.22. The second-order valence-corrected chi connectivity index (χ2v) is 3.18. The Morgan fingerprint density at radius 3 is 2.94 bits per heavy atom. The van der Waals surface area contributed by atoms with Crippen LogP contribution in [0, 0.1) is 0 Å². The third kappa shape index (κ3) is 3.43. The highest BCUT2D eigenvalue weighted by molar-refractivity contribution is 6.30. The zero-order chi connectivity index (χ0) is 12.0.